The van der Waals surface area contributed by atoms with Crippen LogP contribution < -0.4 is 16.6 Å². The van der Waals surface area contributed by atoms with Crippen LogP contribution in [-0.4, -0.2) is 27.4 Å². The molecule has 0 unspecified atom stereocenters. The fraction of sp³-hybridized carbons (Fsp3) is 0.364. The van der Waals surface area contributed by atoms with Crippen molar-refractivity contribution < 1.29 is 4.79 Å². The average Bonchev–Trinajstić information content (AvgIpc) is 2.74. The van der Waals surface area contributed by atoms with Gasteiger partial charge < -0.3 is 11.1 Å². The molecule has 0 aromatic carbocycles. The van der Waals surface area contributed by atoms with Crippen LogP contribution in [0.2, 0.25) is 0 Å². The molecule has 18 heavy (non-hydrogen) atoms. The number of nitrogens with zero attached hydrogens (tertiary/aromatic N) is 2. The predicted molar refractivity (Wildman–Crippen MR) is 69.9 cm³/mol. The lowest BCUT2D eigenvalue weighted by atomic mass is 10.1. The van der Waals surface area contributed by atoms with E-state index >= 15 is 0 Å². The Bertz CT molecular complexity index is 638. The highest BCUT2D eigenvalue weighted by Crippen LogP contribution is 2.05. The van der Waals surface area contributed by atoms with Gasteiger partial charge in [-0.2, -0.15) is 0 Å². The Kier molecular flexibility index (Phi) is 3.18. The zero-order valence-electron chi connectivity index (χ0n) is 10.1. The lowest BCUT2D eigenvalue weighted by molar-refractivity contribution is 0.0944. The number of fused-ring (bicyclic) bond motifs is 1. The zero-order chi connectivity index (χ0) is 13.3. The van der Waals surface area contributed by atoms with E-state index in [9.17, 15) is 9.59 Å². The van der Waals surface area contributed by atoms with Gasteiger partial charge in [0.2, 0.25) is 0 Å². The molecule has 0 bridgehead atoms. The molecule has 1 amide bonds. The highest BCUT2D eigenvalue weighted by molar-refractivity contribution is 7.15. The van der Waals surface area contributed by atoms with E-state index in [0.29, 0.717) is 4.96 Å². The van der Waals surface area contributed by atoms with Crippen molar-refractivity contribution >= 4 is 22.2 Å². The van der Waals surface area contributed by atoms with E-state index in [1.165, 1.54) is 21.9 Å². The van der Waals surface area contributed by atoms with Gasteiger partial charge in [-0.1, -0.05) is 0 Å². The minimum absolute atomic E-state index is 0.0233. The van der Waals surface area contributed by atoms with Gasteiger partial charge in [0.25, 0.3) is 11.5 Å². The van der Waals surface area contributed by atoms with Crippen LogP contribution in [0, 0.1) is 0 Å². The minimum Gasteiger partial charge on any atom is -0.350 e. The highest BCUT2D eigenvalue weighted by Gasteiger charge is 2.17. The summed E-state index contributed by atoms with van der Waals surface area (Å²) in [4.78, 5) is 28.5. The van der Waals surface area contributed by atoms with Crippen molar-refractivity contribution in [3.05, 3.63) is 33.7 Å². The molecule has 0 aliphatic carbocycles. The first kappa shape index (κ1) is 12.7. The first-order valence-corrected chi connectivity index (χ1v) is 6.28. The maximum atomic E-state index is 12.0. The van der Waals surface area contributed by atoms with Crippen LogP contribution >= 0.6 is 11.3 Å². The number of thiazole rings is 1. The molecule has 6 nitrogen and oxygen atoms in total. The van der Waals surface area contributed by atoms with Crippen LogP contribution in [0.3, 0.4) is 0 Å². The molecule has 0 aliphatic rings. The maximum absolute atomic E-state index is 12.0. The monoisotopic (exact) mass is 266 g/mol. The van der Waals surface area contributed by atoms with Crippen LogP contribution in [0.1, 0.15) is 24.2 Å². The van der Waals surface area contributed by atoms with Crippen LogP contribution in [0.15, 0.2) is 22.6 Å². The second-order valence-electron chi connectivity index (χ2n) is 4.70. The van der Waals surface area contributed by atoms with Gasteiger partial charge in [0, 0.05) is 29.9 Å². The summed E-state index contributed by atoms with van der Waals surface area (Å²) >= 11 is 1.34. The van der Waals surface area contributed by atoms with Crippen molar-refractivity contribution in [1.82, 2.24) is 14.7 Å². The van der Waals surface area contributed by atoms with Crippen molar-refractivity contribution in [2.24, 2.45) is 5.73 Å². The first-order chi connectivity index (χ1) is 8.38. The number of rotatable bonds is 3. The highest BCUT2D eigenvalue weighted by atomic mass is 32.1. The number of hydrogen-bond donors (Lipinski definition) is 2. The zero-order valence-corrected chi connectivity index (χ0v) is 11.0. The molecule has 0 atom stereocenters. The summed E-state index contributed by atoms with van der Waals surface area (Å²) in [6, 6.07) is 0. The van der Waals surface area contributed by atoms with Gasteiger partial charge in [-0.15, -0.1) is 11.3 Å². The Hall–Kier alpha value is -1.73. The number of aromatic nitrogens is 2. The molecule has 0 aliphatic heterocycles. The van der Waals surface area contributed by atoms with Gasteiger partial charge in [0.15, 0.2) is 4.96 Å². The second-order valence-corrected chi connectivity index (χ2v) is 5.58. The summed E-state index contributed by atoms with van der Waals surface area (Å²) in [6.45, 7) is 3.87. The van der Waals surface area contributed by atoms with Crippen molar-refractivity contribution in [2.45, 2.75) is 19.4 Å². The molecule has 96 valence electrons. The third-order valence-electron chi connectivity index (χ3n) is 2.29. The lowest BCUT2D eigenvalue weighted by Gasteiger charge is -2.18. The van der Waals surface area contributed by atoms with Crippen molar-refractivity contribution in [3.63, 3.8) is 0 Å². The molecule has 2 aromatic rings. The summed E-state index contributed by atoms with van der Waals surface area (Å²) in [6.07, 6.45) is 2.89. The molecular weight excluding hydrogens is 252 g/mol. The van der Waals surface area contributed by atoms with E-state index in [2.05, 4.69) is 10.3 Å². The van der Waals surface area contributed by atoms with Crippen LogP contribution in [0.5, 0.6) is 0 Å². The fourth-order valence-electron chi connectivity index (χ4n) is 1.38. The largest absolute Gasteiger partial charge is 0.350 e. The van der Waals surface area contributed by atoms with E-state index in [1.54, 1.807) is 25.4 Å². The van der Waals surface area contributed by atoms with Crippen molar-refractivity contribution in [1.29, 1.82) is 0 Å². The van der Waals surface area contributed by atoms with E-state index in [0.717, 1.165) is 0 Å². The predicted octanol–water partition coefficient (Wildman–Crippen LogP) is 0.223. The molecule has 0 radical (unpaired) electrons. The molecule has 7 heteroatoms. The standard InChI is InChI=1S/C11H14N4O2S/c1-11(2,12)6-14-8(16)7-5-13-10-15(9(7)17)3-4-18-10/h3-5H,6,12H2,1-2H3,(H,14,16). The number of nitrogens with two attached hydrogens (primary N) is 1. The Morgan fingerprint density at radius 1 is 1.61 bits per heavy atom. The molecule has 0 saturated carbocycles. The maximum Gasteiger partial charge on any atom is 0.271 e. The van der Waals surface area contributed by atoms with Crippen LogP contribution in [-0.2, 0) is 0 Å². The average molecular weight is 266 g/mol. The molecule has 2 heterocycles. The van der Waals surface area contributed by atoms with Crippen molar-refractivity contribution in [3.8, 4) is 0 Å². The summed E-state index contributed by atoms with van der Waals surface area (Å²) in [5, 5.41) is 4.37. The van der Waals surface area contributed by atoms with Gasteiger partial charge in [-0.25, -0.2) is 4.98 Å². The first-order valence-electron chi connectivity index (χ1n) is 5.40. The molecule has 0 fully saturated rings. The molecule has 0 spiro atoms. The van der Waals surface area contributed by atoms with E-state index in [1.807, 2.05) is 0 Å². The van der Waals surface area contributed by atoms with Gasteiger partial charge in [0.05, 0.1) is 0 Å². The number of carbonyl (C=O) groups is 1. The summed E-state index contributed by atoms with van der Waals surface area (Å²) < 4.78 is 1.35. The topological polar surface area (TPSA) is 89.5 Å². The molecule has 2 aromatic heterocycles. The molecule has 2 rings (SSSR count). The van der Waals surface area contributed by atoms with E-state index in [-0.39, 0.29) is 17.7 Å². The fourth-order valence-corrected chi connectivity index (χ4v) is 2.06. The van der Waals surface area contributed by atoms with Gasteiger partial charge in [0.1, 0.15) is 5.56 Å². The summed E-state index contributed by atoms with van der Waals surface area (Å²) in [5.41, 5.74) is 4.90. The molecule has 3 N–H and O–H groups in total. The number of carbonyl (C=O) groups excluding carboxylic acids is 1. The SMILES string of the molecule is CC(C)(N)CNC(=O)c1cnc2sccn2c1=O. The van der Waals surface area contributed by atoms with Crippen LogP contribution in [0.25, 0.3) is 4.96 Å². The van der Waals surface area contributed by atoms with E-state index < -0.39 is 11.4 Å². The number of hydrogen-bond acceptors (Lipinski definition) is 5. The molecule has 0 saturated heterocycles. The Labute approximate surface area is 107 Å². The minimum atomic E-state index is -0.522. The van der Waals surface area contributed by atoms with Gasteiger partial charge >= 0.3 is 0 Å². The number of amides is 1. The van der Waals surface area contributed by atoms with Crippen molar-refractivity contribution in [2.75, 3.05) is 6.54 Å². The number of nitrogens with one attached hydrogen (secondary N) is 1. The van der Waals surface area contributed by atoms with Gasteiger partial charge in [-0.3, -0.25) is 14.0 Å². The Morgan fingerprint density at radius 2 is 2.33 bits per heavy atom. The van der Waals surface area contributed by atoms with E-state index in [4.69, 9.17) is 5.73 Å². The normalized spacial score (nSPS) is 11.7. The van der Waals surface area contributed by atoms with Gasteiger partial charge in [-0.05, 0) is 13.8 Å². The van der Waals surface area contributed by atoms with Crippen LogP contribution in [0.4, 0.5) is 0 Å². The molecular formula is C11H14N4O2S. The summed E-state index contributed by atoms with van der Waals surface area (Å²) in [7, 11) is 0. The lowest BCUT2D eigenvalue weighted by Crippen LogP contribution is -2.46. The third kappa shape index (κ3) is 2.57. The summed E-state index contributed by atoms with van der Waals surface area (Å²) in [5.74, 6) is -0.452. The quantitative estimate of drug-likeness (QED) is 0.831. The second kappa shape index (κ2) is 4.51. The Balaban J connectivity index is 2.28. The Morgan fingerprint density at radius 3 is 3.00 bits per heavy atom. The third-order valence-corrected chi connectivity index (χ3v) is 3.06. The smallest absolute Gasteiger partial charge is 0.271 e.